The third-order valence-corrected chi connectivity index (χ3v) is 8.05. The highest BCUT2D eigenvalue weighted by Crippen LogP contribution is 2.35. The Morgan fingerprint density at radius 1 is 0.871 bits per heavy atom. The minimum absolute atomic E-state index is 0.232. The predicted molar refractivity (Wildman–Crippen MR) is 125 cm³/mol. The van der Waals surface area contributed by atoms with E-state index in [1.54, 1.807) is 41.8 Å². The van der Waals surface area contributed by atoms with E-state index < -0.39 is 15.9 Å². The van der Waals surface area contributed by atoms with Crippen LogP contribution in [-0.2, 0) is 10.0 Å². The maximum atomic E-state index is 12.7. The molecule has 4 rings (SSSR count). The molecule has 0 aliphatic heterocycles. The highest BCUT2D eigenvalue weighted by Gasteiger charge is 2.14. The normalized spacial score (nSPS) is 11.9. The number of benzene rings is 3. The fraction of sp³-hybridized carbons (Fsp3) is 0. The van der Waals surface area contributed by atoms with Gasteiger partial charge in [-0.1, -0.05) is 60.3 Å². The maximum Gasteiger partial charge on any atom is 0.271 e. The van der Waals surface area contributed by atoms with Crippen LogP contribution in [0, 0.1) is 0 Å². The monoisotopic (exact) mass is 465 g/mol. The smallest absolute Gasteiger partial charge is 0.271 e. The quantitative estimate of drug-likeness (QED) is 0.303. The van der Waals surface area contributed by atoms with Gasteiger partial charge in [-0.05, 0) is 59.3 Å². The molecule has 0 amide bonds. The number of thiophene rings is 1. The molecule has 0 saturated heterocycles. The lowest BCUT2D eigenvalue weighted by Gasteiger charge is -2.14. The molecule has 1 N–H and O–H groups in total. The minimum atomic E-state index is -3.63. The van der Waals surface area contributed by atoms with Gasteiger partial charge in [0.15, 0.2) is 0 Å². The number of para-hydroxylation sites is 1. The van der Waals surface area contributed by atoms with Gasteiger partial charge in [-0.15, -0.1) is 11.3 Å². The van der Waals surface area contributed by atoms with Crippen LogP contribution in [-0.4, -0.2) is 14.3 Å². The van der Waals surface area contributed by atoms with Gasteiger partial charge in [0.05, 0.1) is 5.69 Å². The predicted octanol–water partition coefficient (Wildman–Crippen LogP) is 5.14. The summed E-state index contributed by atoms with van der Waals surface area (Å²) in [6.07, 6.45) is 0. The van der Waals surface area contributed by atoms with Gasteiger partial charge in [0.1, 0.15) is 4.21 Å². The van der Waals surface area contributed by atoms with Crippen LogP contribution in [0.4, 0.5) is 11.4 Å². The Labute approximate surface area is 189 Å². The molecular formula is C23H17N2O3S3-. The number of aliphatic imine (C=N–C) groups is 1. The van der Waals surface area contributed by atoms with Crippen molar-refractivity contribution in [3.05, 3.63) is 102 Å². The molecule has 0 fully saturated rings. The molecule has 0 aliphatic rings. The summed E-state index contributed by atoms with van der Waals surface area (Å²) in [5.41, 5.74) is 1.34. The Hall–Kier alpha value is -3.07. The van der Waals surface area contributed by atoms with Crippen molar-refractivity contribution in [2.24, 2.45) is 4.99 Å². The summed E-state index contributed by atoms with van der Waals surface area (Å²) in [7, 11) is -3.63. The largest absolute Gasteiger partial charge is 0.858 e. The molecule has 0 atom stereocenters. The molecule has 5 nitrogen and oxygen atoms in total. The molecule has 31 heavy (non-hydrogen) atoms. The van der Waals surface area contributed by atoms with Gasteiger partial charge in [-0.2, -0.15) is 0 Å². The van der Waals surface area contributed by atoms with Crippen molar-refractivity contribution in [1.29, 1.82) is 0 Å². The first-order chi connectivity index (χ1) is 15.0. The number of nitrogens with one attached hydrogen (secondary N) is 1. The zero-order valence-corrected chi connectivity index (χ0v) is 18.6. The Morgan fingerprint density at radius 2 is 1.58 bits per heavy atom. The molecule has 0 spiro atoms. The van der Waals surface area contributed by atoms with Crippen LogP contribution < -0.4 is 9.83 Å². The van der Waals surface area contributed by atoms with E-state index in [9.17, 15) is 13.5 Å². The van der Waals surface area contributed by atoms with E-state index in [1.165, 1.54) is 17.8 Å². The van der Waals surface area contributed by atoms with Crippen molar-refractivity contribution in [2.45, 2.75) is 14.0 Å². The molecule has 1 heterocycles. The van der Waals surface area contributed by atoms with E-state index in [-0.39, 0.29) is 4.21 Å². The molecule has 0 bridgehead atoms. The second-order valence-electron chi connectivity index (χ2n) is 6.41. The highest BCUT2D eigenvalue weighted by molar-refractivity contribution is 7.99. The Balaban J connectivity index is 1.53. The number of sulfonamides is 1. The first-order valence-electron chi connectivity index (χ1n) is 9.26. The molecule has 0 radical (unpaired) electrons. The summed E-state index contributed by atoms with van der Waals surface area (Å²) in [5, 5.41) is 14.4. The van der Waals surface area contributed by atoms with Crippen molar-refractivity contribution in [2.75, 3.05) is 4.72 Å². The van der Waals surface area contributed by atoms with E-state index in [0.29, 0.717) is 16.9 Å². The summed E-state index contributed by atoms with van der Waals surface area (Å²) in [4.78, 5) is 6.21. The van der Waals surface area contributed by atoms with Gasteiger partial charge < -0.3 is 5.11 Å². The van der Waals surface area contributed by atoms with Gasteiger partial charge in [0.25, 0.3) is 10.0 Å². The highest BCUT2D eigenvalue weighted by atomic mass is 32.2. The standard InChI is InChI=1S/C23H18N2O3S3/c26-23(24-20-9-4-5-10-21(20)30-19-7-2-1-3-8-19)17-12-14-18(15-13-17)25-31(27,28)22-11-6-16-29-22/h1-16,25H,(H,24,26)/p-1. The maximum absolute atomic E-state index is 12.7. The van der Waals surface area contributed by atoms with Crippen molar-refractivity contribution in [3.8, 4) is 0 Å². The molecule has 3 aromatic carbocycles. The van der Waals surface area contributed by atoms with E-state index in [2.05, 4.69) is 9.71 Å². The first-order valence-corrected chi connectivity index (χ1v) is 12.4. The van der Waals surface area contributed by atoms with Crippen LogP contribution in [0.1, 0.15) is 5.56 Å². The van der Waals surface area contributed by atoms with Crippen LogP contribution >= 0.6 is 23.1 Å². The van der Waals surface area contributed by atoms with E-state index in [1.807, 2.05) is 48.5 Å². The van der Waals surface area contributed by atoms with Gasteiger partial charge in [-0.3, -0.25) is 9.71 Å². The van der Waals surface area contributed by atoms with Crippen LogP contribution in [0.2, 0.25) is 0 Å². The van der Waals surface area contributed by atoms with Gasteiger partial charge in [-0.25, -0.2) is 8.42 Å². The Kier molecular flexibility index (Phi) is 6.41. The summed E-state index contributed by atoms with van der Waals surface area (Å²) < 4.78 is 27.4. The molecule has 0 saturated carbocycles. The van der Waals surface area contributed by atoms with Crippen molar-refractivity contribution in [3.63, 3.8) is 0 Å². The second kappa shape index (κ2) is 9.38. The van der Waals surface area contributed by atoms with E-state index >= 15 is 0 Å². The lowest BCUT2D eigenvalue weighted by molar-refractivity contribution is -0.212. The fourth-order valence-corrected chi connectivity index (χ4v) is 5.69. The van der Waals surface area contributed by atoms with Crippen LogP contribution in [0.3, 0.4) is 0 Å². The number of hydrogen-bond donors (Lipinski definition) is 1. The summed E-state index contributed by atoms with van der Waals surface area (Å²) in [6, 6.07) is 26.8. The van der Waals surface area contributed by atoms with Crippen molar-refractivity contribution in [1.82, 2.24) is 0 Å². The van der Waals surface area contributed by atoms with Crippen LogP contribution in [0.5, 0.6) is 0 Å². The Morgan fingerprint density at radius 3 is 2.29 bits per heavy atom. The average Bonchev–Trinajstić information content (AvgIpc) is 3.32. The molecule has 1 aromatic heterocycles. The molecule has 4 aromatic rings. The second-order valence-corrected chi connectivity index (χ2v) is 10.4. The lowest BCUT2D eigenvalue weighted by atomic mass is 10.2. The van der Waals surface area contributed by atoms with E-state index in [0.717, 1.165) is 21.1 Å². The Bertz CT molecular complexity index is 1290. The molecule has 8 heteroatoms. The van der Waals surface area contributed by atoms with Gasteiger partial charge in [0.2, 0.25) is 0 Å². The minimum Gasteiger partial charge on any atom is -0.858 e. The zero-order chi connectivity index (χ0) is 21.7. The van der Waals surface area contributed by atoms with Gasteiger partial charge >= 0.3 is 0 Å². The third kappa shape index (κ3) is 5.35. The number of nitrogens with zero attached hydrogens (tertiary/aromatic N) is 1. The molecule has 0 aliphatic carbocycles. The van der Waals surface area contributed by atoms with Crippen molar-refractivity contribution >= 4 is 50.4 Å². The summed E-state index contributed by atoms with van der Waals surface area (Å²) >= 11 is 2.68. The SMILES string of the molecule is O=S(=O)(Nc1ccc(C([O-])=Nc2ccccc2Sc2ccccc2)cc1)c1cccs1. The van der Waals surface area contributed by atoms with E-state index in [4.69, 9.17) is 0 Å². The number of hydrogen-bond acceptors (Lipinski definition) is 6. The fourth-order valence-electron chi connectivity index (χ4n) is 2.73. The number of anilines is 1. The average molecular weight is 466 g/mol. The number of rotatable bonds is 7. The third-order valence-electron chi connectivity index (χ3n) is 4.20. The topological polar surface area (TPSA) is 81.6 Å². The summed E-state index contributed by atoms with van der Waals surface area (Å²) in [5.74, 6) is -0.395. The van der Waals surface area contributed by atoms with Crippen molar-refractivity contribution < 1.29 is 13.5 Å². The first kappa shape index (κ1) is 21.2. The zero-order valence-electron chi connectivity index (χ0n) is 16.1. The molecule has 156 valence electrons. The lowest BCUT2D eigenvalue weighted by Crippen LogP contribution is -2.18. The molecule has 0 unspecified atom stereocenters. The molecular weight excluding hydrogens is 448 g/mol. The van der Waals surface area contributed by atoms with Crippen LogP contribution in [0.25, 0.3) is 0 Å². The van der Waals surface area contributed by atoms with Gasteiger partial charge in [0, 0.05) is 15.5 Å². The summed E-state index contributed by atoms with van der Waals surface area (Å²) in [6.45, 7) is 0. The van der Waals surface area contributed by atoms with Crippen LogP contribution in [0.15, 0.2) is 115 Å².